The van der Waals surface area contributed by atoms with Gasteiger partial charge in [-0.3, -0.25) is 4.79 Å². The van der Waals surface area contributed by atoms with Crippen LogP contribution in [0.5, 0.6) is 17.2 Å². The Hall–Kier alpha value is -3.40. The Kier molecular flexibility index (Phi) is 7.97. The fourth-order valence-corrected chi connectivity index (χ4v) is 2.53. The van der Waals surface area contributed by atoms with E-state index in [1.54, 1.807) is 36.4 Å². The van der Waals surface area contributed by atoms with Crippen LogP contribution in [0, 0.1) is 11.3 Å². The first kappa shape index (κ1) is 20.9. The summed E-state index contributed by atoms with van der Waals surface area (Å²) >= 11 is 0. The lowest BCUT2D eigenvalue weighted by molar-refractivity contribution is -0.114. The van der Waals surface area contributed by atoms with E-state index in [-0.39, 0.29) is 12.5 Å². The molecule has 0 fully saturated rings. The van der Waals surface area contributed by atoms with Crippen molar-refractivity contribution < 1.29 is 19.0 Å². The predicted octanol–water partition coefficient (Wildman–Crippen LogP) is 3.80. The topological polar surface area (TPSA) is 92.6 Å². The Morgan fingerprint density at radius 1 is 0.929 bits per heavy atom. The largest absolute Gasteiger partial charge is 0.494 e. The first-order chi connectivity index (χ1) is 13.6. The first-order valence-corrected chi connectivity index (χ1v) is 9.21. The number of hydrogen-bond acceptors (Lipinski definition) is 6. The van der Waals surface area contributed by atoms with Gasteiger partial charge in [-0.15, -0.1) is 0 Å². The van der Waals surface area contributed by atoms with Gasteiger partial charge in [-0.25, -0.2) is 0 Å². The van der Waals surface area contributed by atoms with Crippen molar-refractivity contribution in [3.8, 4) is 23.3 Å². The number of rotatable bonds is 10. The highest BCUT2D eigenvalue weighted by Crippen LogP contribution is 2.30. The third kappa shape index (κ3) is 5.81. The van der Waals surface area contributed by atoms with Gasteiger partial charge in [0, 0.05) is 6.07 Å². The fraction of sp³-hybridized carbons (Fsp3) is 0.333. The van der Waals surface area contributed by atoms with E-state index in [2.05, 4.69) is 16.7 Å². The number of nitrogens with one attached hydrogen (secondary N) is 2. The van der Waals surface area contributed by atoms with Crippen LogP contribution in [0.25, 0.3) is 0 Å². The highest BCUT2D eigenvalue weighted by Gasteiger charge is 2.11. The number of nitriles is 1. The number of carbonyl (C=O) groups is 1. The molecule has 0 heterocycles. The van der Waals surface area contributed by atoms with Gasteiger partial charge in [0.25, 0.3) is 0 Å². The first-order valence-electron chi connectivity index (χ1n) is 9.21. The van der Waals surface area contributed by atoms with Crippen molar-refractivity contribution in [2.24, 2.45) is 0 Å². The maximum atomic E-state index is 12.5. The molecular formula is C21H25N3O4. The molecular weight excluding hydrogens is 358 g/mol. The van der Waals surface area contributed by atoms with E-state index in [4.69, 9.17) is 19.5 Å². The Labute approximate surface area is 165 Å². The van der Waals surface area contributed by atoms with Gasteiger partial charge in [-0.1, -0.05) is 0 Å². The lowest BCUT2D eigenvalue weighted by atomic mass is 10.2. The zero-order valence-corrected chi connectivity index (χ0v) is 16.4. The highest BCUT2D eigenvalue weighted by atomic mass is 16.5. The Balaban J connectivity index is 2.10. The Morgan fingerprint density at radius 2 is 1.57 bits per heavy atom. The van der Waals surface area contributed by atoms with Gasteiger partial charge in [-0.05, 0) is 51.1 Å². The number of benzene rings is 2. The van der Waals surface area contributed by atoms with Crippen LogP contribution in [0.3, 0.4) is 0 Å². The van der Waals surface area contributed by atoms with E-state index in [0.717, 1.165) is 0 Å². The summed E-state index contributed by atoms with van der Waals surface area (Å²) in [5.74, 6) is 1.54. The van der Waals surface area contributed by atoms with E-state index in [9.17, 15) is 4.79 Å². The molecule has 0 saturated carbocycles. The van der Waals surface area contributed by atoms with Gasteiger partial charge in [-0.2, -0.15) is 5.26 Å². The number of hydrogen-bond donors (Lipinski definition) is 2. The van der Waals surface area contributed by atoms with Crippen LogP contribution >= 0.6 is 0 Å². The molecule has 0 spiro atoms. The van der Waals surface area contributed by atoms with Crippen LogP contribution in [-0.4, -0.2) is 32.3 Å². The molecule has 148 valence electrons. The predicted molar refractivity (Wildman–Crippen MR) is 108 cm³/mol. The van der Waals surface area contributed by atoms with Crippen molar-refractivity contribution in [2.75, 3.05) is 37.0 Å². The second-order valence-corrected chi connectivity index (χ2v) is 5.68. The maximum absolute atomic E-state index is 12.5. The molecule has 0 aliphatic rings. The summed E-state index contributed by atoms with van der Waals surface area (Å²) in [6, 6.07) is 12.4. The summed E-state index contributed by atoms with van der Waals surface area (Å²) in [6.45, 7) is 7.13. The molecule has 0 aliphatic carbocycles. The van der Waals surface area contributed by atoms with Crippen molar-refractivity contribution in [3.63, 3.8) is 0 Å². The molecule has 2 N–H and O–H groups in total. The van der Waals surface area contributed by atoms with Crippen molar-refractivity contribution in [2.45, 2.75) is 20.8 Å². The Morgan fingerprint density at radius 3 is 2.21 bits per heavy atom. The smallest absolute Gasteiger partial charge is 0.243 e. The van der Waals surface area contributed by atoms with Gasteiger partial charge >= 0.3 is 0 Å². The quantitative estimate of drug-likeness (QED) is 0.648. The lowest BCUT2D eigenvalue weighted by Gasteiger charge is -2.15. The molecule has 0 aliphatic heterocycles. The summed E-state index contributed by atoms with van der Waals surface area (Å²) in [5, 5.41) is 14.9. The third-order valence-electron chi connectivity index (χ3n) is 3.68. The third-order valence-corrected chi connectivity index (χ3v) is 3.68. The van der Waals surface area contributed by atoms with Crippen LogP contribution in [0.15, 0.2) is 36.4 Å². The minimum absolute atomic E-state index is 0.000611. The van der Waals surface area contributed by atoms with Crippen molar-refractivity contribution >= 4 is 17.3 Å². The molecule has 0 radical (unpaired) electrons. The summed E-state index contributed by atoms with van der Waals surface area (Å²) in [5.41, 5.74) is 1.61. The monoisotopic (exact) mass is 383 g/mol. The van der Waals surface area contributed by atoms with Gasteiger partial charge in [0.1, 0.15) is 17.2 Å². The molecule has 1 amide bonds. The molecule has 0 atom stereocenters. The maximum Gasteiger partial charge on any atom is 0.243 e. The molecule has 0 saturated heterocycles. The molecule has 2 aromatic carbocycles. The standard InChI is InChI=1S/C21H25N3O4/c1-4-26-16-8-10-20(28-6-3)18(12-16)24-21(25)14-23-17-11-15(13-22)7-9-19(17)27-5-2/h7-12,23H,4-6,14H2,1-3H3,(H,24,25). The SMILES string of the molecule is CCOc1ccc(OCC)c(NC(=O)CNc2cc(C#N)ccc2OCC)c1. The fourth-order valence-electron chi connectivity index (χ4n) is 2.53. The molecule has 0 aromatic heterocycles. The lowest BCUT2D eigenvalue weighted by Crippen LogP contribution is -2.22. The molecule has 28 heavy (non-hydrogen) atoms. The highest BCUT2D eigenvalue weighted by molar-refractivity contribution is 5.95. The van der Waals surface area contributed by atoms with Crippen LogP contribution in [0.4, 0.5) is 11.4 Å². The molecule has 7 heteroatoms. The second kappa shape index (κ2) is 10.7. The minimum Gasteiger partial charge on any atom is -0.494 e. The molecule has 2 rings (SSSR count). The summed E-state index contributed by atoms with van der Waals surface area (Å²) < 4.78 is 16.6. The summed E-state index contributed by atoms with van der Waals surface area (Å²) in [7, 11) is 0. The van der Waals surface area contributed by atoms with Crippen LogP contribution in [0.1, 0.15) is 26.3 Å². The molecule has 0 unspecified atom stereocenters. The average Bonchev–Trinajstić information content (AvgIpc) is 2.69. The number of anilines is 2. The van der Waals surface area contributed by atoms with Crippen molar-refractivity contribution in [1.29, 1.82) is 5.26 Å². The van der Waals surface area contributed by atoms with E-state index >= 15 is 0 Å². The van der Waals surface area contributed by atoms with Crippen LogP contribution < -0.4 is 24.8 Å². The van der Waals surface area contributed by atoms with Gasteiger partial charge < -0.3 is 24.8 Å². The zero-order chi connectivity index (χ0) is 20.4. The van der Waals surface area contributed by atoms with E-state index in [1.165, 1.54) is 0 Å². The molecule has 7 nitrogen and oxygen atoms in total. The summed E-state index contributed by atoms with van der Waals surface area (Å²) in [6.07, 6.45) is 0. The second-order valence-electron chi connectivity index (χ2n) is 5.68. The van der Waals surface area contributed by atoms with Crippen molar-refractivity contribution in [1.82, 2.24) is 0 Å². The number of carbonyl (C=O) groups excluding carboxylic acids is 1. The minimum atomic E-state index is -0.264. The Bertz CT molecular complexity index is 846. The van der Waals surface area contributed by atoms with Gasteiger partial charge in [0.2, 0.25) is 5.91 Å². The van der Waals surface area contributed by atoms with E-state index < -0.39 is 0 Å². The normalized spacial score (nSPS) is 9.93. The summed E-state index contributed by atoms with van der Waals surface area (Å²) in [4.78, 5) is 12.5. The molecule has 2 aromatic rings. The van der Waals surface area contributed by atoms with Crippen LogP contribution in [-0.2, 0) is 4.79 Å². The average molecular weight is 383 g/mol. The van der Waals surface area contributed by atoms with Crippen LogP contribution in [0.2, 0.25) is 0 Å². The van der Waals surface area contributed by atoms with Gasteiger partial charge in [0.15, 0.2) is 0 Å². The number of amides is 1. The van der Waals surface area contributed by atoms with E-state index in [0.29, 0.717) is 54.0 Å². The van der Waals surface area contributed by atoms with Gasteiger partial charge in [0.05, 0.1) is 49.4 Å². The van der Waals surface area contributed by atoms with Crippen molar-refractivity contribution in [3.05, 3.63) is 42.0 Å². The van der Waals surface area contributed by atoms with E-state index in [1.807, 2.05) is 20.8 Å². The molecule has 0 bridgehead atoms. The number of nitrogens with zero attached hydrogens (tertiary/aromatic N) is 1. The zero-order valence-electron chi connectivity index (χ0n) is 16.4. The number of ether oxygens (including phenoxy) is 3.